The molecule has 0 amide bonds. The molecule has 2 heteroatoms. The lowest BCUT2D eigenvalue weighted by atomic mass is 9.49. The first-order valence-electron chi connectivity index (χ1n) is 9.86. The van der Waals surface area contributed by atoms with E-state index in [1.165, 1.54) is 11.1 Å². The van der Waals surface area contributed by atoms with Crippen molar-refractivity contribution in [2.24, 2.45) is 29.1 Å². The SMILES string of the molecule is C#C[C@]1(O)C[C@@H](C)C2[C@H]3C(CC[C@@]21C)c1ccc(O)cc1C[C@H]3CC. The molecule has 4 rings (SSSR count). The third-order valence-electron chi connectivity index (χ3n) is 8.08. The lowest BCUT2D eigenvalue weighted by Crippen LogP contribution is -2.52. The first kappa shape index (κ1) is 17.0. The van der Waals surface area contributed by atoms with E-state index in [1.54, 1.807) is 0 Å². The lowest BCUT2D eigenvalue weighted by molar-refractivity contribution is -0.0789. The largest absolute Gasteiger partial charge is 0.508 e. The third kappa shape index (κ3) is 2.15. The van der Waals surface area contributed by atoms with Gasteiger partial charge < -0.3 is 10.2 Å². The van der Waals surface area contributed by atoms with Gasteiger partial charge in [0.05, 0.1) is 0 Å². The number of terminal acetylenes is 1. The number of phenolic OH excluding ortho intramolecular Hbond substituents is 1. The van der Waals surface area contributed by atoms with Crippen molar-refractivity contribution in [2.75, 3.05) is 0 Å². The van der Waals surface area contributed by atoms with Gasteiger partial charge in [0.15, 0.2) is 0 Å². The van der Waals surface area contributed by atoms with Gasteiger partial charge in [-0.2, -0.15) is 0 Å². The minimum atomic E-state index is -0.963. The zero-order valence-electron chi connectivity index (χ0n) is 15.6. The van der Waals surface area contributed by atoms with Crippen LogP contribution >= 0.6 is 0 Å². The van der Waals surface area contributed by atoms with Gasteiger partial charge in [0.25, 0.3) is 0 Å². The Bertz CT molecular complexity index is 732. The van der Waals surface area contributed by atoms with Gasteiger partial charge in [-0.15, -0.1) is 6.42 Å². The second kappa shape index (κ2) is 5.52. The molecule has 0 bridgehead atoms. The Kier molecular flexibility index (Phi) is 3.75. The van der Waals surface area contributed by atoms with Gasteiger partial charge in [-0.05, 0) is 78.5 Å². The normalized spacial score (nSPS) is 45.2. The molecular weight excluding hydrogens is 308 g/mol. The van der Waals surface area contributed by atoms with Crippen LogP contribution in [0.5, 0.6) is 5.75 Å². The molecule has 2 nitrogen and oxygen atoms in total. The van der Waals surface area contributed by atoms with Gasteiger partial charge in [-0.25, -0.2) is 0 Å². The summed E-state index contributed by atoms with van der Waals surface area (Å²) in [5, 5.41) is 21.2. The first-order chi connectivity index (χ1) is 11.8. The highest BCUT2D eigenvalue weighted by molar-refractivity contribution is 5.41. The van der Waals surface area contributed by atoms with Crippen molar-refractivity contribution in [3.8, 4) is 18.1 Å². The van der Waals surface area contributed by atoms with E-state index in [2.05, 4.69) is 32.8 Å². The maximum Gasteiger partial charge on any atom is 0.131 e. The van der Waals surface area contributed by atoms with Gasteiger partial charge >= 0.3 is 0 Å². The van der Waals surface area contributed by atoms with E-state index in [0.29, 0.717) is 35.3 Å². The molecular formula is C23H30O2. The number of aromatic hydroxyl groups is 1. The third-order valence-corrected chi connectivity index (χ3v) is 8.08. The minimum Gasteiger partial charge on any atom is -0.508 e. The molecule has 25 heavy (non-hydrogen) atoms. The molecule has 2 unspecified atom stereocenters. The molecule has 0 spiro atoms. The molecule has 2 fully saturated rings. The van der Waals surface area contributed by atoms with Gasteiger partial charge in [-0.3, -0.25) is 0 Å². The van der Waals surface area contributed by atoms with E-state index < -0.39 is 5.60 Å². The van der Waals surface area contributed by atoms with Crippen molar-refractivity contribution in [3.05, 3.63) is 29.3 Å². The summed E-state index contributed by atoms with van der Waals surface area (Å²) in [5.41, 5.74) is 1.62. The maximum absolute atomic E-state index is 11.2. The molecule has 0 aromatic heterocycles. The lowest BCUT2D eigenvalue weighted by Gasteiger charge is -2.55. The number of hydrogen-bond donors (Lipinski definition) is 2. The Morgan fingerprint density at radius 1 is 1.36 bits per heavy atom. The Morgan fingerprint density at radius 2 is 2.12 bits per heavy atom. The van der Waals surface area contributed by atoms with E-state index in [1.807, 2.05) is 12.1 Å². The van der Waals surface area contributed by atoms with Crippen LogP contribution in [0.4, 0.5) is 0 Å². The number of fused-ring (bicyclic) bond motifs is 5. The van der Waals surface area contributed by atoms with Crippen LogP contribution in [-0.4, -0.2) is 15.8 Å². The van der Waals surface area contributed by atoms with E-state index in [9.17, 15) is 10.2 Å². The predicted octanol–water partition coefficient (Wildman–Crippen LogP) is 4.49. The van der Waals surface area contributed by atoms with Crippen molar-refractivity contribution in [3.63, 3.8) is 0 Å². The number of phenols is 1. The summed E-state index contributed by atoms with van der Waals surface area (Å²) in [6, 6.07) is 5.95. The summed E-state index contributed by atoms with van der Waals surface area (Å²) >= 11 is 0. The molecule has 0 radical (unpaired) electrons. The maximum atomic E-state index is 11.2. The van der Waals surface area contributed by atoms with Crippen LogP contribution in [0, 0.1) is 41.4 Å². The van der Waals surface area contributed by atoms with Crippen LogP contribution in [0.25, 0.3) is 0 Å². The molecule has 0 saturated heterocycles. The summed E-state index contributed by atoms with van der Waals surface area (Å²) < 4.78 is 0. The van der Waals surface area contributed by atoms with Crippen LogP contribution < -0.4 is 0 Å². The number of hydrogen-bond acceptors (Lipinski definition) is 2. The van der Waals surface area contributed by atoms with E-state index in [4.69, 9.17) is 6.42 Å². The van der Waals surface area contributed by atoms with Gasteiger partial charge in [0.2, 0.25) is 0 Å². The Balaban J connectivity index is 1.82. The van der Waals surface area contributed by atoms with E-state index in [0.717, 1.165) is 32.1 Å². The molecule has 1 aromatic carbocycles. The van der Waals surface area contributed by atoms with E-state index >= 15 is 0 Å². The summed E-state index contributed by atoms with van der Waals surface area (Å²) in [4.78, 5) is 0. The fourth-order valence-electron chi connectivity index (χ4n) is 6.98. The second-order valence-electron chi connectivity index (χ2n) is 9.11. The Morgan fingerprint density at radius 3 is 2.80 bits per heavy atom. The summed E-state index contributed by atoms with van der Waals surface area (Å²) in [5.74, 6) is 5.81. The highest BCUT2D eigenvalue weighted by Gasteiger charge is 2.64. The van der Waals surface area contributed by atoms with Crippen molar-refractivity contribution >= 4 is 0 Å². The van der Waals surface area contributed by atoms with Crippen molar-refractivity contribution in [2.45, 2.75) is 64.4 Å². The zero-order valence-corrected chi connectivity index (χ0v) is 15.6. The molecule has 1 aromatic rings. The molecule has 2 saturated carbocycles. The van der Waals surface area contributed by atoms with Gasteiger partial charge in [0.1, 0.15) is 11.4 Å². The number of rotatable bonds is 1. The van der Waals surface area contributed by atoms with Crippen LogP contribution in [0.2, 0.25) is 0 Å². The zero-order chi connectivity index (χ0) is 18.0. The Hall–Kier alpha value is -1.46. The molecule has 7 atom stereocenters. The average molecular weight is 338 g/mol. The topological polar surface area (TPSA) is 40.5 Å². The monoisotopic (exact) mass is 338 g/mol. The highest BCUT2D eigenvalue weighted by atomic mass is 16.3. The minimum absolute atomic E-state index is 0.176. The second-order valence-corrected chi connectivity index (χ2v) is 9.11. The van der Waals surface area contributed by atoms with Gasteiger partial charge in [0, 0.05) is 5.41 Å². The molecule has 2 N–H and O–H groups in total. The quantitative estimate of drug-likeness (QED) is 0.741. The van der Waals surface area contributed by atoms with Crippen molar-refractivity contribution in [1.29, 1.82) is 0 Å². The number of benzene rings is 1. The molecule has 3 aliphatic carbocycles. The van der Waals surface area contributed by atoms with E-state index in [-0.39, 0.29) is 5.41 Å². The molecule has 3 aliphatic rings. The fraction of sp³-hybridized carbons (Fsp3) is 0.652. The van der Waals surface area contributed by atoms with Crippen molar-refractivity contribution < 1.29 is 10.2 Å². The van der Waals surface area contributed by atoms with Crippen LogP contribution in [0.15, 0.2) is 18.2 Å². The molecule has 0 aliphatic heterocycles. The average Bonchev–Trinajstić information content (AvgIpc) is 2.80. The summed E-state index contributed by atoms with van der Waals surface area (Å²) in [6.45, 7) is 6.82. The summed E-state index contributed by atoms with van der Waals surface area (Å²) in [6.07, 6.45) is 10.8. The van der Waals surface area contributed by atoms with Gasteiger partial charge in [-0.1, -0.05) is 39.2 Å². The molecule has 134 valence electrons. The standard InChI is InChI=1S/C23H30O2/c1-5-15-11-16-12-17(24)7-8-18(16)19-9-10-22(4)21(20(15)19)14(3)13-23(22,25)6-2/h2,7-8,12,14-15,19-21,24-25H,5,9-11,13H2,1,3-4H3/t14-,15-,19?,20-,21?,22+,23+/m1/s1. The number of aliphatic hydroxyl groups is 1. The van der Waals surface area contributed by atoms with Crippen LogP contribution in [0.3, 0.4) is 0 Å². The molecule has 0 heterocycles. The van der Waals surface area contributed by atoms with Crippen LogP contribution in [0.1, 0.15) is 63.5 Å². The first-order valence-corrected chi connectivity index (χ1v) is 9.86. The smallest absolute Gasteiger partial charge is 0.131 e. The highest BCUT2D eigenvalue weighted by Crippen LogP contribution is 2.67. The van der Waals surface area contributed by atoms with Crippen molar-refractivity contribution in [1.82, 2.24) is 0 Å². The summed E-state index contributed by atoms with van der Waals surface area (Å²) in [7, 11) is 0. The Labute approximate surface area is 151 Å². The van der Waals surface area contributed by atoms with Crippen LogP contribution in [-0.2, 0) is 6.42 Å². The predicted molar refractivity (Wildman–Crippen MR) is 100 cm³/mol. The fourth-order valence-corrected chi connectivity index (χ4v) is 6.98.